The molecule has 0 unspecified atom stereocenters. The summed E-state index contributed by atoms with van der Waals surface area (Å²) in [5.41, 5.74) is 4.42. The van der Waals surface area contributed by atoms with Crippen LogP contribution in [0.4, 0.5) is 5.82 Å². The Hall–Kier alpha value is -2.78. The fourth-order valence-electron chi connectivity index (χ4n) is 3.46. The Morgan fingerprint density at radius 3 is 2.24 bits per heavy atom. The van der Waals surface area contributed by atoms with Crippen molar-refractivity contribution in [3.63, 3.8) is 0 Å². The second-order valence-corrected chi connectivity index (χ2v) is 8.86. The number of nitrogens with zero attached hydrogens (tertiary/aromatic N) is 4. The molecular formula is C20H26N6O2S. The van der Waals surface area contributed by atoms with Crippen LogP contribution in [0.3, 0.4) is 0 Å². The topological polar surface area (TPSA) is 102 Å². The van der Waals surface area contributed by atoms with Crippen molar-refractivity contribution in [3.05, 3.63) is 58.7 Å². The predicted molar refractivity (Wildman–Crippen MR) is 113 cm³/mol. The first-order chi connectivity index (χ1) is 13.7. The summed E-state index contributed by atoms with van der Waals surface area (Å²) in [4.78, 5) is 8.79. The van der Waals surface area contributed by atoms with Gasteiger partial charge < -0.3 is 5.32 Å². The van der Waals surface area contributed by atoms with Gasteiger partial charge in [-0.05, 0) is 51.8 Å². The van der Waals surface area contributed by atoms with Gasteiger partial charge in [0.2, 0.25) is 10.0 Å². The van der Waals surface area contributed by atoms with Crippen LogP contribution in [0.1, 0.15) is 28.1 Å². The Morgan fingerprint density at radius 1 is 0.931 bits per heavy atom. The summed E-state index contributed by atoms with van der Waals surface area (Å²) < 4.78 is 29.8. The van der Waals surface area contributed by atoms with E-state index in [0.717, 1.165) is 28.1 Å². The van der Waals surface area contributed by atoms with Gasteiger partial charge in [0.25, 0.3) is 0 Å². The van der Waals surface area contributed by atoms with E-state index in [0.29, 0.717) is 23.1 Å². The van der Waals surface area contributed by atoms with E-state index in [2.05, 4.69) is 25.1 Å². The molecule has 29 heavy (non-hydrogen) atoms. The van der Waals surface area contributed by atoms with Crippen LogP contribution in [0.15, 0.2) is 35.5 Å². The van der Waals surface area contributed by atoms with Crippen molar-refractivity contribution in [3.8, 4) is 5.82 Å². The molecule has 0 bridgehead atoms. The van der Waals surface area contributed by atoms with Crippen LogP contribution in [-0.2, 0) is 10.0 Å². The number of aryl methyl sites for hydroxylation is 5. The van der Waals surface area contributed by atoms with Crippen molar-refractivity contribution in [1.82, 2.24) is 24.5 Å². The van der Waals surface area contributed by atoms with Gasteiger partial charge in [-0.25, -0.2) is 27.8 Å². The summed E-state index contributed by atoms with van der Waals surface area (Å²) in [7, 11) is -3.58. The maximum Gasteiger partial charge on any atom is 0.241 e. The fourth-order valence-corrected chi connectivity index (χ4v) is 4.94. The average molecular weight is 415 g/mol. The highest BCUT2D eigenvalue weighted by Crippen LogP contribution is 2.21. The van der Waals surface area contributed by atoms with Gasteiger partial charge in [0.05, 0.1) is 10.6 Å². The summed E-state index contributed by atoms with van der Waals surface area (Å²) >= 11 is 0. The summed E-state index contributed by atoms with van der Waals surface area (Å²) in [5.74, 6) is 1.25. The first kappa shape index (κ1) is 20.9. The largest absolute Gasteiger partial charge is 0.369 e. The third-order valence-electron chi connectivity index (χ3n) is 4.48. The van der Waals surface area contributed by atoms with Crippen molar-refractivity contribution in [2.24, 2.45) is 0 Å². The number of hydrogen-bond donors (Lipinski definition) is 2. The summed E-state index contributed by atoms with van der Waals surface area (Å²) in [6, 6.07) is 7.50. The molecule has 2 heterocycles. The van der Waals surface area contributed by atoms with Crippen LogP contribution in [0.5, 0.6) is 0 Å². The molecule has 0 aliphatic rings. The molecule has 2 aromatic heterocycles. The van der Waals surface area contributed by atoms with Crippen LogP contribution in [0.25, 0.3) is 5.82 Å². The van der Waals surface area contributed by atoms with Gasteiger partial charge in [-0.3, -0.25) is 0 Å². The molecule has 0 aliphatic heterocycles. The molecule has 9 heteroatoms. The zero-order valence-electron chi connectivity index (χ0n) is 17.3. The SMILES string of the molecule is Cc1cc(C)c(S(=O)(=O)NCCNc2cc(-n3nc(C)cc3C)ncn2)c(C)c1. The zero-order valence-corrected chi connectivity index (χ0v) is 18.1. The number of anilines is 1. The molecule has 0 saturated carbocycles. The number of benzene rings is 1. The Kier molecular flexibility index (Phi) is 5.99. The molecule has 0 amide bonds. The minimum atomic E-state index is -3.58. The summed E-state index contributed by atoms with van der Waals surface area (Å²) in [6.45, 7) is 10.1. The fraction of sp³-hybridized carbons (Fsp3) is 0.350. The Balaban J connectivity index is 1.64. The number of aromatic nitrogens is 4. The summed E-state index contributed by atoms with van der Waals surface area (Å²) in [6.07, 6.45) is 1.46. The second-order valence-electron chi connectivity index (χ2n) is 7.15. The quantitative estimate of drug-likeness (QED) is 0.576. The average Bonchev–Trinajstić information content (AvgIpc) is 2.96. The molecule has 0 radical (unpaired) electrons. The lowest BCUT2D eigenvalue weighted by Gasteiger charge is -2.13. The number of nitrogens with one attached hydrogen (secondary N) is 2. The first-order valence-electron chi connectivity index (χ1n) is 9.34. The monoisotopic (exact) mass is 414 g/mol. The molecule has 3 aromatic rings. The van der Waals surface area contributed by atoms with Crippen molar-refractivity contribution in [1.29, 1.82) is 0 Å². The molecule has 8 nitrogen and oxygen atoms in total. The number of hydrogen-bond acceptors (Lipinski definition) is 6. The standard InChI is InChI=1S/C20H26N6O2S/c1-13-8-14(2)20(15(3)9-13)29(27,28)24-7-6-21-18-11-19(23-12-22-18)26-17(5)10-16(4)25-26/h8-12,24H,6-7H2,1-5H3,(H,21,22,23). The van der Waals surface area contributed by atoms with Gasteiger partial charge in [-0.15, -0.1) is 0 Å². The van der Waals surface area contributed by atoms with Gasteiger partial charge in [-0.1, -0.05) is 17.7 Å². The smallest absolute Gasteiger partial charge is 0.241 e. The van der Waals surface area contributed by atoms with Gasteiger partial charge in [0, 0.05) is 24.8 Å². The Morgan fingerprint density at radius 2 is 1.62 bits per heavy atom. The lowest BCUT2D eigenvalue weighted by atomic mass is 10.1. The molecule has 3 rings (SSSR count). The van der Waals surface area contributed by atoms with Crippen LogP contribution < -0.4 is 10.0 Å². The molecule has 0 saturated heterocycles. The predicted octanol–water partition coefficient (Wildman–Crippen LogP) is 2.59. The lowest BCUT2D eigenvalue weighted by Crippen LogP contribution is -2.30. The minimum Gasteiger partial charge on any atom is -0.369 e. The zero-order chi connectivity index (χ0) is 21.2. The second kappa shape index (κ2) is 8.30. The third kappa shape index (κ3) is 4.80. The van der Waals surface area contributed by atoms with E-state index in [1.165, 1.54) is 6.33 Å². The third-order valence-corrected chi connectivity index (χ3v) is 6.24. The molecule has 0 spiro atoms. The van der Waals surface area contributed by atoms with Crippen molar-refractivity contribution >= 4 is 15.8 Å². The van der Waals surface area contributed by atoms with Crippen molar-refractivity contribution in [2.45, 2.75) is 39.5 Å². The van der Waals surface area contributed by atoms with E-state index in [1.807, 2.05) is 52.8 Å². The Labute approximate surface area is 171 Å². The highest BCUT2D eigenvalue weighted by molar-refractivity contribution is 7.89. The lowest BCUT2D eigenvalue weighted by molar-refractivity contribution is 0.581. The molecular weight excluding hydrogens is 388 g/mol. The van der Waals surface area contributed by atoms with Crippen LogP contribution >= 0.6 is 0 Å². The van der Waals surface area contributed by atoms with Gasteiger partial charge in [0.15, 0.2) is 5.82 Å². The van der Waals surface area contributed by atoms with Crippen LogP contribution in [-0.4, -0.2) is 41.3 Å². The maximum atomic E-state index is 12.7. The highest BCUT2D eigenvalue weighted by atomic mass is 32.2. The van der Waals surface area contributed by atoms with Crippen LogP contribution in [0.2, 0.25) is 0 Å². The van der Waals surface area contributed by atoms with E-state index >= 15 is 0 Å². The number of sulfonamides is 1. The van der Waals surface area contributed by atoms with Gasteiger partial charge in [-0.2, -0.15) is 5.10 Å². The molecule has 154 valence electrons. The van der Waals surface area contributed by atoms with Gasteiger partial charge in [0.1, 0.15) is 12.1 Å². The van der Waals surface area contributed by atoms with E-state index in [9.17, 15) is 8.42 Å². The molecule has 2 N–H and O–H groups in total. The van der Waals surface area contributed by atoms with Crippen molar-refractivity contribution in [2.75, 3.05) is 18.4 Å². The number of rotatable bonds is 7. The highest BCUT2D eigenvalue weighted by Gasteiger charge is 2.19. The molecule has 0 atom stereocenters. The molecule has 0 aliphatic carbocycles. The molecule has 0 fully saturated rings. The van der Waals surface area contributed by atoms with Crippen molar-refractivity contribution < 1.29 is 8.42 Å². The molecule has 1 aromatic carbocycles. The van der Waals surface area contributed by atoms with Crippen LogP contribution in [0, 0.1) is 34.6 Å². The normalized spacial score (nSPS) is 11.6. The van der Waals surface area contributed by atoms with Gasteiger partial charge >= 0.3 is 0 Å². The Bertz CT molecular complexity index is 1110. The minimum absolute atomic E-state index is 0.230. The van der Waals surface area contributed by atoms with E-state index in [4.69, 9.17) is 0 Å². The van der Waals surface area contributed by atoms with E-state index in [-0.39, 0.29) is 6.54 Å². The van der Waals surface area contributed by atoms with E-state index in [1.54, 1.807) is 10.7 Å². The summed E-state index contributed by atoms with van der Waals surface area (Å²) in [5, 5.41) is 7.54. The maximum absolute atomic E-state index is 12.7. The van der Waals surface area contributed by atoms with E-state index < -0.39 is 10.0 Å². The first-order valence-corrected chi connectivity index (χ1v) is 10.8.